The first kappa shape index (κ1) is 9.26. The largest absolute Gasteiger partial charge is 0.466 e. The number of carbonyl (C=O) groups is 1. The second kappa shape index (κ2) is 4.26. The average Bonchev–Trinajstić information content (AvgIpc) is 2.37. The van der Waals surface area contributed by atoms with Crippen molar-refractivity contribution in [2.24, 2.45) is 5.92 Å². The van der Waals surface area contributed by atoms with Crippen LogP contribution in [0.5, 0.6) is 0 Å². The van der Waals surface area contributed by atoms with Gasteiger partial charge in [0.15, 0.2) is 0 Å². The van der Waals surface area contributed by atoms with Gasteiger partial charge in [0.2, 0.25) is 0 Å². The van der Waals surface area contributed by atoms with Crippen molar-refractivity contribution >= 4 is 5.97 Å². The van der Waals surface area contributed by atoms with E-state index in [1.165, 1.54) is 0 Å². The monoisotopic (exact) mass is 170 g/mol. The van der Waals surface area contributed by atoms with Crippen molar-refractivity contribution in [1.29, 1.82) is 0 Å². The van der Waals surface area contributed by atoms with Gasteiger partial charge in [-0.3, -0.25) is 4.79 Å². The summed E-state index contributed by atoms with van der Waals surface area (Å²) < 4.78 is 4.77. The van der Waals surface area contributed by atoms with Crippen LogP contribution in [-0.2, 0) is 9.53 Å². The molecule has 2 atom stereocenters. The van der Waals surface area contributed by atoms with Crippen LogP contribution in [0.25, 0.3) is 0 Å². The molecule has 0 aromatic carbocycles. The number of esters is 1. The molecule has 0 saturated carbocycles. The summed E-state index contributed by atoms with van der Waals surface area (Å²) in [6.07, 6.45) is 4.26. The molecule has 0 heterocycles. The van der Waals surface area contributed by atoms with Gasteiger partial charge in [0.1, 0.15) is 0 Å². The summed E-state index contributed by atoms with van der Waals surface area (Å²) >= 11 is 0. The van der Waals surface area contributed by atoms with Gasteiger partial charge in [-0.2, -0.15) is 0 Å². The van der Waals surface area contributed by atoms with Gasteiger partial charge in [-0.25, -0.2) is 0 Å². The lowest BCUT2D eigenvalue weighted by molar-refractivity contribution is -0.144. The van der Waals surface area contributed by atoms with Crippen molar-refractivity contribution in [1.82, 2.24) is 0 Å². The molecule has 0 aromatic heterocycles. The number of hydrogen-bond acceptors (Lipinski definition) is 3. The van der Waals surface area contributed by atoms with Gasteiger partial charge >= 0.3 is 5.97 Å². The minimum Gasteiger partial charge on any atom is -0.466 e. The lowest BCUT2D eigenvalue weighted by Gasteiger charge is -2.12. The summed E-state index contributed by atoms with van der Waals surface area (Å²) in [5.74, 6) is -0.186. The Hall–Kier alpha value is -0.830. The first-order valence-corrected chi connectivity index (χ1v) is 4.24. The van der Waals surface area contributed by atoms with Crippen LogP contribution in [0.4, 0.5) is 0 Å². The standard InChI is InChI=1S/C9H14O3/c1-2-12-9(11)6-7-4-3-5-8(7)10/h3,5,7-8,10H,2,4,6H2,1H3. The highest BCUT2D eigenvalue weighted by atomic mass is 16.5. The van der Waals surface area contributed by atoms with E-state index in [0.29, 0.717) is 13.0 Å². The molecule has 68 valence electrons. The Kier molecular flexibility index (Phi) is 3.29. The number of allylic oxidation sites excluding steroid dienone is 1. The van der Waals surface area contributed by atoms with E-state index in [1.54, 1.807) is 13.0 Å². The Labute approximate surface area is 72.0 Å². The first-order chi connectivity index (χ1) is 5.74. The van der Waals surface area contributed by atoms with E-state index < -0.39 is 6.10 Å². The van der Waals surface area contributed by atoms with Crippen LogP contribution in [-0.4, -0.2) is 23.8 Å². The summed E-state index contributed by atoms with van der Waals surface area (Å²) in [5, 5.41) is 9.31. The topological polar surface area (TPSA) is 46.5 Å². The SMILES string of the molecule is CCOC(=O)CC1CC=CC1O. The number of carbonyl (C=O) groups excluding carboxylic acids is 1. The molecule has 2 unspecified atom stereocenters. The Bertz CT molecular complexity index is 186. The molecule has 0 bridgehead atoms. The summed E-state index contributed by atoms with van der Waals surface area (Å²) in [7, 11) is 0. The van der Waals surface area contributed by atoms with E-state index >= 15 is 0 Å². The molecular formula is C9H14O3. The minimum atomic E-state index is -0.464. The van der Waals surface area contributed by atoms with Gasteiger partial charge < -0.3 is 9.84 Å². The minimum absolute atomic E-state index is 0.0315. The van der Waals surface area contributed by atoms with E-state index in [2.05, 4.69) is 0 Å². The third-order valence-electron chi connectivity index (χ3n) is 1.99. The van der Waals surface area contributed by atoms with Gasteiger partial charge in [-0.15, -0.1) is 0 Å². The number of rotatable bonds is 3. The third-order valence-corrected chi connectivity index (χ3v) is 1.99. The molecule has 1 rings (SSSR count). The zero-order valence-electron chi connectivity index (χ0n) is 7.19. The van der Waals surface area contributed by atoms with Crippen LogP contribution in [0.1, 0.15) is 19.8 Å². The van der Waals surface area contributed by atoms with Crippen LogP contribution >= 0.6 is 0 Å². The lowest BCUT2D eigenvalue weighted by Crippen LogP contribution is -2.18. The second-order valence-corrected chi connectivity index (χ2v) is 2.92. The van der Waals surface area contributed by atoms with Crippen LogP contribution in [0, 0.1) is 5.92 Å². The van der Waals surface area contributed by atoms with E-state index in [0.717, 1.165) is 6.42 Å². The normalized spacial score (nSPS) is 27.5. The fourth-order valence-electron chi connectivity index (χ4n) is 1.33. The molecule has 1 N–H and O–H groups in total. The quantitative estimate of drug-likeness (QED) is 0.505. The summed E-state index contributed by atoms with van der Waals surface area (Å²) in [5.41, 5.74) is 0. The molecule has 0 amide bonds. The molecule has 0 fully saturated rings. The zero-order chi connectivity index (χ0) is 8.97. The summed E-state index contributed by atoms with van der Waals surface area (Å²) in [6.45, 7) is 2.19. The molecular weight excluding hydrogens is 156 g/mol. The predicted molar refractivity (Wildman–Crippen MR) is 44.5 cm³/mol. The van der Waals surface area contributed by atoms with E-state index in [4.69, 9.17) is 4.74 Å². The number of hydrogen-bond donors (Lipinski definition) is 1. The molecule has 0 spiro atoms. The van der Waals surface area contributed by atoms with Crippen molar-refractivity contribution < 1.29 is 14.6 Å². The Morgan fingerprint density at radius 3 is 3.00 bits per heavy atom. The van der Waals surface area contributed by atoms with Crippen molar-refractivity contribution in [2.75, 3.05) is 6.61 Å². The molecule has 0 aromatic rings. The molecule has 1 aliphatic carbocycles. The molecule has 0 aliphatic heterocycles. The molecule has 1 aliphatic rings. The van der Waals surface area contributed by atoms with Crippen molar-refractivity contribution in [2.45, 2.75) is 25.9 Å². The Balaban J connectivity index is 2.27. The zero-order valence-corrected chi connectivity index (χ0v) is 7.19. The summed E-state index contributed by atoms with van der Waals surface area (Å²) in [4.78, 5) is 11.0. The van der Waals surface area contributed by atoms with Crippen LogP contribution in [0.2, 0.25) is 0 Å². The molecule has 3 heteroatoms. The van der Waals surface area contributed by atoms with E-state index in [1.807, 2.05) is 6.08 Å². The fourth-order valence-corrected chi connectivity index (χ4v) is 1.33. The smallest absolute Gasteiger partial charge is 0.306 e. The lowest BCUT2D eigenvalue weighted by atomic mass is 10.0. The highest BCUT2D eigenvalue weighted by molar-refractivity contribution is 5.69. The van der Waals surface area contributed by atoms with Gasteiger partial charge in [0, 0.05) is 5.92 Å². The Morgan fingerprint density at radius 1 is 1.75 bits per heavy atom. The van der Waals surface area contributed by atoms with Crippen molar-refractivity contribution in [3.8, 4) is 0 Å². The van der Waals surface area contributed by atoms with E-state index in [9.17, 15) is 9.90 Å². The third kappa shape index (κ3) is 2.34. The first-order valence-electron chi connectivity index (χ1n) is 4.24. The Morgan fingerprint density at radius 2 is 2.50 bits per heavy atom. The van der Waals surface area contributed by atoms with Crippen LogP contribution in [0.15, 0.2) is 12.2 Å². The predicted octanol–water partition coefficient (Wildman–Crippen LogP) is 0.877. The summed E-state index contributed by atoms with van der Waals surface area (Å²) in [6, 6.07) is 0. The van der Waals surface area contributed by atoms with Gasteiger partial charge in [-0.1, -0.05) is 12.2 Å². The van der Waals surface area contributed by atoms with Gasteiger partial charge in [-0.05, 0) is 13.3 Å². The van der Waals surface area contributed by atoms with Crippen molar-refractivity contribution in [3.63, 3.8) is 0 Å². The molecule has 0 radical (unpaired) electrons. The fraction of sp³-hybridized carbons (Fsp3) is 0.667. The number of aliphatic hydroxyl groups is 1. The molecule has 3 nitrogen and oxygen atoms in total. The maximum atomic E-state index is 11.0. The van der Waals surface area contributed by atoms with Crippen LogP contribution in [0.3, 0.4) is 0 Å². The number of aliphatic hydroxyl groups excluding tert-OH is 1. The second-order valence-electron chi connectivity index (χ2n) is 2.92. The molecule has 0 saturated heterocycles. The van der Waals surface area contributed by atoms with Crippen LogP contribution < -0.4 is 0 Å². The van der Waals surface area contributed by atoms with Gasteiger partial charge in [0.25, 0.3) is 0 Å². The maximum Gasteiger partial charge on any atom is 0.306 e. The highest BCUT2D eigenvalue weighted by Crippen LogP contribution is 2.22. The van der Waals surface area contributed by atoms with Gasteiger partial charge in [0.05, 0.1) is 19.1 Å². The maximum absolute atomic E-state index is 11.0. The highest BCUT2D eigenvalue weighted by Gasteiger charge is 2.23. The van der Waals surface area contributed by atoms with E-state index in [-0.39, 0.29) is 11.9 Å². The average molecular weight is 170 g/mol. The van der Waals surface area contributed by atoms with Crippen molar-refractivity contribution in [3.05, 3.63) is 12.2 Å². The molecule has 12 heavy (non-hydrogen) atoms. The number of ether oxygens (including phenoxy) is 1.